The van der Waals surface area contributed by atoms with Gasteiger partial charge in [-0.15, -0.1) is 0 Å². The lowest BCUT2D eigenvalue weighted by molar-refractivity contribution is -0.122. The van der Waals surface area contributed by atoms with Crippen LogP contribution in [0.4, 0.5) is 4.79 Å². The molecular weight excluding hydrogens is 218 g/mol. The maximum Gasteiger partial charge on any atom is 0.411 e. The molecule has 1 unspecified atom stereocenters. The lowest BCUT2D eigenvalue weighted by atomic mass is 10.0. The molecule has 1 saturated carbocycles. The number of carbonyl (C=O) groups is 2. The molecule has 1 aliphatic heterocycles. The standard InChI is InChI=1S/C13H21NO3/c1-8-11(15)9-6-5-7-10(9)14(8)12(16)17-13(2,3)4/h8-10H,5-7H2,1-4H3/t8?,9-,10-/m1/s1. The Bertz CT molecular complexity index is 345. The second-order valence-corrected chi connectivity index (χ2v) is 6.07. The van der Waals surface area contributed by atoms with Crippen molar-refractivity contribution >= 4 is 11.9 Å². The SMILES string of the molecule is CC1C(=O)[C@@H]2CCC[C@H]2N1C(=O)OC(C)(C)C. The first-order chi connectivity index (χ1) is 7.81. The first-order valence-electron chi connectivity index (χ1n) is 6.36. The third-order valence-corrected chi connectivity index (χ3v) is 3.64. The summed E-state index contributed by atoms with van der Waals surface area (Å²) in [6.07, 6.45) is 2.55. The first kappa shape index (κ1) is 12.4. The number of rotatable bonds is 0. The molecule has 4 nitrogen and oxygen atoms in total. The smallest absolute Gasteiger partial charge is 0.411 e. The van der Waals surface area contributed by atoms with Gasteiger partial charge in [0.2, 0.25) is 0 Å². The van der Waals surface area contributed by atoms with Crippen molar-refractivity contribution in [2.75, 3.05) is 0 Å². The minimum Gasteiger partial charge on any atom is -0.444 e. The first-order valence-corrected chi connectivity index (χ1v) is 6.36. The van der Waals surface area contributed by atoms with Gasteiger partial charge in [-0.2, -0.15) is 0 Å². The Morgan fingerprint density at radius 2 is 2.00 bits per heavy atom. The number of hydrogen-bond acceptors (Lipinski definition) is 3. The fourth-order valence-corrected chi connectivity index (χ4v) is 2.95. The van der Waals surface area contributed by atoms with Gasteiger partial charge in [-0.25, -0.2) is 4.79 Å². The van der Waals surface area contributed by atoms with E-state index < -0.39 is 5.60 Å². The maximum atomic E-state index is 12.1. The molecule has 0 aromatic rings. The number of ether oxygens (including phenoxy) is 1. The molecule has 2 aliphatic rings. The summed E-state index contributed by atoms with van der Waals surface area (Å²) in [5.74, 6) is 0.260. The Labute approximate surface area is 102 Å². The predicted octanol–water partition coefficient (Wildman–Crippen LogP) is 2.36. The highest BCUT2D eigenvalue weighted by Gasteiger charge is 2.51. The highest BCUT2D eigenvalue weighted by atomic mass is 16.6. The second-order valence-electron chi connectivity index (χ2n) is 6.07. The average molecular weight is 239 g/mol. The number of fused-ring (bicyclic) bond motifs is 1. The van der Waals surface area contributed by atoms with E-state index in [-0.39, 0.29) is 29.9 Å². The van der Waals surface area contributed by atoms with Gasteiger partial charge in [0.1, 0.15) is 5.60 Å². The summed E-state index contributed by atoms with van der Waals surface area (Å²) in [6.45, 7) is 7.35. The van der Waals surface area contributed by atoms with E-state index >= 15 is 0 Å². The minimum atomic E-state index is -0.503. The second kappa shape index (κ2) is 4.00. The zero-order valence-electron chi connectivity index (χ0n) is 11.0. The number of amides is 1. The summed E-state index contributed by atoms with van der Waals surface area (Å²) in [6, 6.07) is -0.243. The van der Waals surface area contributed by atoms with E-state index in [0.717, 1.165) is 19.3 Å². The minimum absolute atomic E-state index is 0.0533. The zero-order chi connectivity index (χ0) is 12.8. The van der Waals surface area contributed by atoms with Gasteiger partial charge in [-0.1, -0.05) is 6.42 Å². The molecule has 0 radical (unpaired) electrons. The predicted molar refractivity (Wildman–Crippen MR) is 63.7 cm³/mol. The number of carbonyl (C=O) groups excluding carboxylic acids is 2. The van der Waals surface area contributed by atoms with Crippen molar-refractivity contribution in [2.45, 2.75) is 64.6 Å². The van der Waals surface area contributed by atoms with Crippen molar-refractivity contribution in [2.24, 2.45) is 5.92 Å². The van der Waals surface area contributed by atoms with Crippen LogP contribution in [0.3, 0.4) is 0 Å². The molecule has 96 valence electrons. The molecule has 0 aromatic carbocycles. The topological polar surface area (TPSA) is 46.6 Å². The number of hydrogen-bond donors (Lipinski definition) is 0. The van der Waals surface area contributed by atoms with Gasteiger partial charge in [0.15, 0.2) is 5.78 Å². The summed E-state index contributed by atoms with van der Waals surface area (Å²) in [5, 5.41) is 0. The van der Waals surface area contributed by atoms with E-state index in [9.17, 15) is 9.59 Å². The fourth-order valence-electron chi connectivity index (χ4n) is 2.95. The number of Topliss-reactive ketones (excluding diaryl/α,β-unsaturated/α-hetero) is 1. The molecule has 4 heteroatoms. The van der Waals surface area contributed by atoms with Crippen molar-refractivity contribution in [3.63, 3.8) is 0 Å². The van der Waals surface area contributed by atoms with Gasteiger partial charge in [-0.3, -0.25) is 9.69 Å². The molecule has 0 bridgehead atoms. The summed E-state index contributed by atoms with van der Waals surface area (Å²) < 4.78 is 5.38. The molecule has 0 aromatic heterocycles. The third-order valence-electron chi connectivity index (χ3n) is 3.64. The largest absolute Gasteiger partial charge is 0.444 e. The quantitative estimate of drug-likeness (QED) is 0.652. The molecule has 1 amide bonds. The van der Waals surface area contributed by atoms with Crippen molar-refractivity contribution in [1.29, 1.82) is 0 Å². The van der Waals surface area contributed by atoms with Crippen LogP contribution < -0.4 is 0 Å². The molecule has 0 N–H and O–H groups in total. The van der Waals surface area contributed by atoms with Gasteiger partial charge in [0.25, 0.3) is 0 Å². The van der Waals surface area contributed by atoms with Crippen LogP contribution in [-0.4, -0.2) is 34.5 Å². The third kappa shape index (κ3) is 2.17. The highest BCUT2D eigenvalue weighted by Crippen LogP contribution is 2.39. The molecule has 2 fully saturated rings. The van der Waals surface area contributed by atoms with E-state index in [2.05, 4.69) is 0 Å². The van der Waals surface area contributed by atoms with E-state index in [1.165, 1.54) is 0 Å². The normalized spacial score (nSPS) is 32.8. The summed E-state index contributed by atoms with van der Waals surface area (Å²) >= 11 is 0. The number of likely N-dealkylation sites (tertiary alicyclic amines) is 1. The summed E-state index contributed by atoms with van der Waals surface area (Å²) in [4.78, 5) is 25.8. The lowest BCUT2D eigenvalue weighted by Crippen LogP contribution is -2.44. The van der Waals surface area contributed by atoms with E-state index in [1.54, 1.807) is 4.90 Å². The monoisotopic (exact) mass is 239 g/mol. The van der Waals surface area contributed by atoms with Crippen molar-refractivity contribution in [3.8, 4) is 0 Å². The van der Waals surface area contributed by atoms with Crippen LogP contribution in [-0.2, 0) is 9.53 Å². The van der Waals surface area contributed by atoms with Gasteiger partial charge in [0, 0.05) is 12.0 Å². The van der Waals surface area contributed by atoms with Crippen LogP contribution in [0.25, 0.3) is 0 Å². The van der Waals surface area contributed by atoms with Crippen LogP contribution >= 0.6 is 0 Å². The van der Waals surface area contributed by atoms with E-state index in [0.29, 0.717) is 0 Å². The van der Waals surface area contributed by atoms with Crippen LogP contribution in [0.5, 0.6) is 0 Å². The fraction of sp³-hybridized carbons (Fsp3) is 0.846. The maximum absolute atomic E-state index is 12.1. The van der Waals surface area contributed by atoms with Crippen molar-refractivity contribution < 1.29 is 14.3 Å². The molecule has 1 heterocycles. The van der Waals surface area contributed by atoms with Crippen LogP contribution in [0.2, 0.25) is 0 Å². The van der Waals surface area contributed by atoms with Crippen LogP contribution in [0, 0.1) is 5.92 Å². The average Bonchev–Trinajstić information content (AvgIpc) is 2.69. The summed E-state index contributed by atoms with van der Waals surface area (Å²) in [7, 11) is 0. The Morgan fingerprint density at radius 1 is 1.35 bits per heavy atom. The van der Waals surface area contributed by atoms with Gasteiger partial charge in [0.05, 0.1) is 6.04 Å². The molecule has 2 rings (SSSR count). The molecule has 17 heavy (non-hydrogen) atoms. The highest BCUT2D eigenvalue weighted by molar-refractivity contribution is 5.93. The van der Waals surface area contributed by atoms with E-state index in [1.807, 2.05) is 27.7 Å². The van der Waals surface area contributed by atoms with Crippen molar-refractivity contribution in [1.82, 2.24) is 4.90 Å². The molecule has 1 aliphatic carbocycles. The van der Waals surface area contributed by atoms with Gasteiger partial charge >= 0.3 is 6.09 Å². The Morgan fingerprint density at radius 3 is 2.59 bits per heavy atom. The number of nitrogens with zero attached hydrogens (tertiary/aromatic N) is 1. The summed E-state index contributed by atoms with van der Waals surface area (Å²) in [5.41, 5.74) is -0.503. The van der Waals surface area contributed by atoms with Crippen LogP contribution in [0.1, 0.15) is 47.0 Å². The van der Waals surface area contributed by atoms with E-state index in [4.69, 9.17) is 4.74 Å². The molecule has 3 atom stereocenters. The van der Waals surface area contributed by atoms with Crippen molar-refractivity contribution in [3.05, 3.63) is 0 Å². The Kier molecular flexibility index (Phi) is 2.92. The molecular formula is C13H21NO3. The van der Waals surface area contributed by atoms with Crippen LogP contribution in [0.15, 0.2) is 0 Å². The van der Waals surface area contributed by atoms with Gasteiger partial charge < -0.3 is 4.74 Å². The van der Waals surface area contributed by atoms with Gasteiger partial charge in [-0.05, 0) is 40.5 Å². The molecule has 0 spiro atoms. The zero-order valence-corrected chi connectivity index (χ0v) is 11.0. The molecule has 1 saturated heterocycles. The Balaban J connectivity index is 2.15. The number of ketones is 1. The Hall–Kier alpha value is -1.06. The lowest BCUT2D eigenvalue weighted by Gasteiger charge is -2.30.